The molecule has 0 bridgehead atoms. The van der Waals surface area contributed by atoms with Crippen LogP contribution in [-0.4, -0.2) is 0 Å². The highest BCUT2D eigenvalue weighted by atomic mass is 32.2. The third kappa shape index (κ3) is 3.35. The number of rotatable bonds is 4. The van der Waals surface area contributed by atoms with Crippen molar-refractivity contribution in [1.82, 2.24) is 0 Å². The van der Waals surface area contributed by atoms with Gasteiger partial charge in [0, 0.05) is 9.79 Å². The molecule has 0 atom stereocenters. The summed E-state index contributed by atoms with van der Waals surface area (Å²) < 4.78 is 27.7. The first-order valence-corrected chi connectivity index (χ1v) is 7.20. The predicted octanol–water partition coefficient (Wildman–Crippen LogP) is 5.24. The van der Waals surface area contributed by atoms with E-state index in [1.54, 1.807) is 12.1 Å². The number of halogens is 2. The van der Waals surface area contributed by atoms with Crippen LogP contribution in [0.1, 0.15) is 25.0 Å². The Balaban J connectivity index is 2.26. The topological polar surface area (TPSA) is 0 Å². The van der Waals surface area contributed by atoms with Crippen molar-refractivity contribution in [2.75, 3.05) is 0 Å². The van der Waals surface area contributed by atoms with Crippen molar-refractivity contribution in [2.45, 2.75) is 36.5 Å². The Labute approximate surface area is 116 Å². The monoisotopic (exact) mass is 278 g/mol. The largest absolute Gasteiger partial charge is 0.206 e. The van der Waals surface area contributed by atoms with Gasteiger partial charge in [-0.05, 0) is 48.2 Å². The average Bonchev–Trinajstić information content (AvgIpc) is 2.42. The fourth-order valence-corrected chi connectivity index (χ4v) is 2.63. The molecule has 2 aromatic carbocycles. The number of hydrogen-bond donors (Lipinski definition) is 0. The van der Waals surface area contributed by atoms with Gasteiger partial charge in [0.25, 0.3) is 0 Å². The van der Waals surface area contributed by atoms with Gasteiger partial charge in [0.15, 0.2) is 0 Å². The predicted molar refractivity (Wildman–Crippen MR) is 75.7 cm³/mol. The minimum Gasteiger partial charge on any atom is -0.206 e. The zero-order valence-electron chi connectivity index (χ0n) is 11.0. The molecule has 0 saturated heterocycles. The van der Waals surface area contributed by atoms with Gasteiger partial charge in [0.1, 0.15) is 11.6 Å². The van der Waals surface area contributed by atoms with Gasteiger partial charge in [0.2, 0.25) is 0 Å². The summed E-state index contributed by atoms with van der Waals surface area (Å²) in [5.74, 6) is -0.577. The molecule has 100 valence electrons. The van der Waals surface area contributed by atoms with Crippen LogP contribution in [0.25, 0.3) is 0 Å². The fraction of sp³-hybridized carbons (Fsp3) is 0.250. The van der Waals surface area contributed by atoms with Gasteiger partial charge in [0.05, 0.1) is 0 Å². The van der Waals surface area contributed by atoms with Crippen LogP contribution >= 0.6 is 11.8 Å². The van der Waals surface area contributed by atoms with Crippen LogP contribution in [0.4, 0.5) is 8.78 Å². The Hall–Kier alpha value is -1.35. The van der Waals surface area contributed by atoms with Gasteiger partial charge < -0.3 is 0 Å². The molecule has 0 unspecified atom stereocenters. The summed E-state index contributed by atoms with van der Waals surface area (Å²) in [6.07, 6.45) is 1.59. The van der Waals surface area contributed by atoms with E-state index in [0.29, 0.717) is 9.79 Å². The summed E-state index contributed by atoms with van der Waals surface area (Å²) in [6, 6.07) is 10.2. The van der Waals surface area contributed by atoms with Crippen molar-refractivity contribution in [1.29, 1.82) is 0 Å². The second-order valence-electron chi connectivity index (χ2n) is 4.34. The van der Waals surface area contributed by atoms with E-state index in [-0.39, 0.29) is 11.6 Å². The second kappa shape index (κ2) is 6.20. The van der Waals surface area contributed by atoms with Crippen molar-refractivity contribution in [3.05, 3.63) is 59.2 Å². The third-order valence-corrected chi connectivity index (χ3v) is 4.13. The van der Waals surface area contributed by atoms with Crippen molar-refractivity contribution in [2.24, 2.45) is 0 Å². The molecule has 0 aromatic heterocycles. The van der Waals surface area contributed by atoms with E-state index in [1.807, 2.05) is 26.0 Å². The van der Waals surface area contributed by atoms with Gasteiger partial charge in [-0.1, -0.05) is 37.7 Å². The highest BCUT2D eigenvalue weighted by Crippen LogP contribution is 2.32. The summed E-state index contributed by atoms with van der Waals surface area (Å²) in [4.78, 5) is 0.917. The number of benzene rings is 2. The first-order chi connectivity index (χ1) is 9.13. The molecule has 0 fully saturated rings. The minimum absolute atomic E-state index is 0.289. The molecule has 0 nitrogen and oxygen atoms in total. The molecular formula is C16H16F2S. The molecule has 0 N–H and O–H groups in total. The highest BCUT2D eigenvalue weighted by Gasteiger charge is 2.09. The Kier molecular flexibility index (Phi) is 4.59. The molecule has 3 heteroatoms. The fourth-order valence-electron chi connectivity index (χ4n) is 1.81. The summed E-state index contributed by atoms with van der Waals surface area (Å²) in [5, 5.41) is 0. The van der Waals surface area contributed by atoms with Crippen LogP contribution in [0, 0.1) is 11.6 Å². The molecule has 0 aliphatic rings. The zero-order chi connectivity index (χ0) is 13.8. The lowest BCUT2D eigenvalue weighted by Crippen LogP contribution is -1.89. The molecule has 19 heavy (non-hydrogen) atoms. The molecule has 0 radical (unpaired) electrons. The van der Waals surface area contributed by atoms with Gasteiger partial charge in [-0.25, -0.2) is 8.78 Å². The van der Waals surface area contributed by atoms with E-state index < -0.39 is 0 Å². The molecule has 2 rings (SSSR count). The molecule has 2 aromatic rings. The Bertz CT molecular complexity index is 527. The van der Waals surface area contributed by atoms with E-state index in [2.05, 4.69) is 0 Å². The first kappa shape index (κ1) is 14.1. The summed E-state index contributed by atoms with van der Waals surface area (Å²) in [5.41, 5.74) is 1.90. The number of aryl methyl sites for hydroxylation is 2. The van der Waals surface area contributed by atoms with Gasteiger partial charge in [-0.15, -0.1) is 0 Å². The molecule has 0 spiro atoms. The normalized spacial score (nSPS) is 10.7. The maximum Gasteiger partial charge on any atom is 0.137 e. The Morgan fingerprint density at radius 1 is 0.789 bits per heavy atom. The lowest BCUT2D eigenvalue weighted by Gasteiger charge is -2.07. The van der Waals surface area contributed by atoms with Crippen LogP contribution in [0.15, 0.2) is 46.2 Å². The lowest BCUT2D eigenvalue weighted by atomic mass is 10.2. The van der Waals surface area contributed by atoms with Gasteiger partial charge in [-0.2, -0.15) is 0 Å². The lowest BCUT2D eigenvalue weighted by molar-refractivity contribution is 0.593. The Morgan fingerprint density at radius 2 is 1.21 bits per heavy atom. The van der Waals surface area contributed by atoms with E-state index in [4.69, 9.17) is 0 Å². The maximum absolute atomic E-state index is 13.9. The quantitative estimate of drug-likeness (QED) is 0.737. The summed E-state index contributed by atoms with van der Waals surface area (Å²) in [6.45, 7) is 3.95. The maximum atomic E-state index is 13.9. The SMILES string of the molecule is CCc1ccc(Sc2ccc(CC)cc2F)c(F)c1. The molecule has 0 amide bonds. The highest BCUT2D eigenvalue weighted by molar-refractivity contribution is 7.99. The first-order valence-electron chi connectivity index (χ1n) is 6.38. The van der Waals surface area contributed by atoms with Crippen molar-refractivity contribution < 1.29 is 8.78 Å². The van der Waals surface area contributed by atoms with Crippen molar-refractivity contribution in [3.8, 4) is 0 Å². The molecule has 0 aliphatic heterocycles. The van der Waals surface area contributed by atoms with Crippen molar-refractivity contribution in [3.63, 3.8) is 0 Å². The molecular weight excluding hydrogens is 262 g/mol. The smallest absolute Gasteiger partial charge is 0.137 e. The molecule has 0 heterocycles. The van der Waals surface area contributed by atoms with Gasteiger partial charge >= 0.3 is 0 Å². The van der Waals surface area contributed by atoms with Crippen LogP contribution in [0.5, 0.6) is 0 Å². The summed E-state index contributed by atoms with van der Waals surface area (Å²) >= 11 is 1.13. The van der Waals surface area contributed by atoms with Crippen LogP contribution < -0.4 is 0 Å². The summed E-state index contributed by atoms with van der Waals surface area (Å²) in [7, 11) is 0. The van der Waals surface area contributed by atoms with Crippen LogP contribution in [-0.2, 0) is 12.8 Å². The third-order valence-electron chi connectivity index (χ3n) is 3.03. The molecule has 0 saturated carbocycles. The van der Waals surface area contributed by atoms with E-state index >= 15 is 0 Å². The average molecular weight is 278 g/mol. The van der Waals surface area contributed by atoms with E-state index in [9.17, 15) is 8.78 Å². The standard InChI is InChI=1S/C16H16F2S/c1-3-11-5-7-15(13(17)9-11)19-16-8-6-12(4-2)10-14(16)18/h5-10H,3-4H2,1-2H3. The number of hydrogen-bond acceptors (Lipinski definition) is 1. The Morgan fingerprint density at radius 3 is 1.53 bits per heavy atom. The van der Waals surface area contributed by atoms with Crippen LogP contribution in [0.3, 0.4) is 0 Å². The van der Waals surface area contributed by atoms with Crippen molar-refractivity contribution >= 4 is 11.8 Å². The molecule has 0 aliphatic carbocycles. The zero-order valence-corrected chi connectivity index (χ0v) is 11.9. The van der Waals surface area contributed by atoms with Gasteiger partial charge in [-0.3, -0.25) is 0 Å². The van der Waals surface area contributed by atoms with E-state index in [1.165, 1.54) is 12.1 Å². The van der Waals surface area contributed by atoms with Crippen LogP contribution in [0.2, 0.25) is 0 Å². The van der Waals surface area contributed by atoms with E-state index in [0.717, 1.165) is 35.7 Å². The minimum atomic E-state index is -0.289. The second-order valence-corrected chi connectivity index (χ2v) is 5.42.